The molecule has 1 atom stereocenters. The van der Waals surface area contributed by atoms with Gasteiger partial charge in [-0.05, 0) is 20.4 Å². The number of aromatic nitrogens is 2. The van der Waals surface area contributed by atoms with Crippen molar-refractivity contribution in [3.63, 3.8) is 0 Å². The zero-order chi connectivity index (χ0) is 11.3. The number of hydrogen-bond acceptors (Lipinski definition) is 5. The molecule has 0 aromatic carbocycles. The summed E-state index contributed by atoms with van der Waals surface area (Å²) in [5.74, 6) is 1.20. The van der Waals surface area contributed by atoms with E-state index >= 15 is 0 Å². The van der Waals surface area contributed by atoms with Crippen molar-refractivity contribution in [1.29, 1.82) is 0 Å². The summed E-state index contributed by atoms with van der Waals surface area (Å²) in [6.45, 7) is 4.81. The van der Waals surface area contributed by atoms with E-state index in [-0.39, 0.29) is 0 Å². The zero-order valence-corrected chi connectivity index (χ0v) is 9.83. The van der Waals surface area contributed by atoms with Gasteiger partial charge in [0.2, 0.25) is 11.8 Å². The van der Waals surface area contributed by atoms with Crippen molar-refractivity contribution in [3.05, 3.63) is 11.8 Å². The smallest absolute Gasteiger partial charge is 0.247 e. The fourth-order valence-electron chi connectivity index (χ4n) is 1.18. The van der Waals surface area contributed by atoms with Crippen LogP contribution in [0.5, 0.6) is 0 Å². The fourth-order valence-corrected chi connectivity index (χ4v) is 1.18. The van der Waals surface area contributed by atoms with Crippen LogP contribution in [0, 0.1) is 0 Å². The summed E-state index contributed by atoms with van der Waals surface area (Å²) >= 11 is 0. The second-order valence-electron chi connectivity index (χ2n) is 3.64. The van der Waals surface area contributed by atoms with Gasteiger partial charge in [0.1, 0.15) is 5.60 Å². The van der Waals surface area contributed by atoms with Crippen LogP contribution in [-0.2, 0) is 16.8 Å². The van der Waals surface area contributed by atoms with E-state index in [9.17, 15) is 0 Å². The Morgan fingerprint density at radius 2 is 2.20 bits per heavy atom. The molecule has 0 bridgehead atoms. The minimum absolute atomic E-state index is 0.467. The number of likely N-dealkylation sites (N-methyl/N-ethyl adjacent to an activating group) is 1. The first kappa shape index (κ1) is 12.1. The molecule has 1 aromatic heterocycles. The lowest BCUT2D eigenvalue weighted by Gasteiger charge is -2.21. The van der Waals surface area contributed by atoms with Gasteiger partial charge in [-0.2, -0.15) is 0 Å². The standard InChI is InChI=1S/C10H19N3O2/c1-5-10(2,14-4)9-13-12-8(15-9)6-7-11-3/h11H,5-7H2,1-4H3. The Morgan fingerprint density at radius 1 is 1.47 bits per heavy atom. The van der Waals surface area contributed by atoms with Gasteiger partial charge in [0.25, 0.3) is 0 Å². The molecule has 0 radical (unpaired) electrons. The third-order valence-electron chi connectivity index (χ3n) is 2.63. The second-order valence-corrected chi connectivity index (χ2v) is 3.64. The van der Waals surface area contributed by atoms with Gasteiger partial charge in [0.15, 0.2) is 0 Å². The number of nitrogens with one attached hydrogen (secondary N) is 1. The van der Waals surface area contributed by atoms with Crippen molar-refractivity contribution in [2.45, 2.75) is 32.3 Å². The largest absolute Gasteiger partial charge is 0.422 e. The number of nitrogens with zero attached hydrogens (tertiary/aromatic N) is 2. The summed E-state index contributed by atoms with van der Waals surface area (Å²) in [7, 11) is 3.55. The Kier molecular flexibility index (Phi) is 4.23. The lowest BCUT2D eigenvalue weighted by atomic mass is 10.0. The number of ether oxygens (including phenoxy) is 1. The van der Waals surface area contributed by atoms with Gasteiger partial charge in [-0.3, -0.25) is 0 Å². The topological polar surface area (TPSA) is 60.2 Å². The predicted octanol–water partition coefficient (Wildman–Crippen LogP) is 1.10. The molecule has 15 heavy (non-hydrogen) atoms. The van der Waals surface area contributed by atoms with Crippen molar-refractivity contribution in [2.75, 3.05) is 20.7 Å². The lowest BCUT2D eigenvalue weighted by molar-refractivity contribution is -0.0242. The van der Waals surface area contributed by atoms with Crippen LogP contribution in [0.1, 0.15) is 32.0 Å². The first-order chi connectivity index (χ1) is 7.16. The lowest BCUT2D eigenvalue weighted by Crippen LogP contribution is -2.23. The second kappa shape index (κ2) is 5.23. The van der Waals surface area contributed by atoms with E-state index in [0.717, 1.165) is 19.4 Å². The van der Waals surface area contributed by atoms with Crippen LogP contribution in [0.4, 0.5) is 0 Å². The Hall–Kier alpha value is -0.940. The molecule has 86 valence electrons. The first-order valence-corrected chi connectivity index (χ1v) is 5.19. The zero-order valence-electron chi connectivity index (χ0n) is 9.83. The van der Waals surface area contributed by atoms with Crippen LogP contribution in [-0.4, -0.2) is 30.9 Å². The molecule has 0 aliphatic heterocycles. The fraction of sp³-hybridized carbons (Fsp3) is 0.800. The highest BCUT2D eigenvalue weighted by molar-refractivity contribution is 4.95. The quantitative estimate of drug-likeness (QED) is 0.766. The van der Waals surface area contributed by atoms with E-state index in [1.165, 1.54) is 0 Å². The monoisotopic (exact) mass is 213 g/mol. The minimum atomic E-state index is -0.467. The highest BCUT2D eigenvalue weighted by Crippen LogP contribution is 2.26. The van der Waals surface area contributed by atoms with Crippen LogP contribution in [0.2, 0.25) is 0 Å². The van der Waals surface area contributed by atoms with Gasteiger partial charge < -0.3 is 14.5 Å². The van der Waals surface area contributed by atoms with Crippen molar-refractivity contribution in [1.82, 2.24) is 15.5 Å². The van der Waals surface area contributed by atoms with Crippen molar-refractivity contribution >= 4 is 0 Å². The third kappa shape index (κ3) is 2.76. The predicted molar refractivity (Wildman–Crippen MR) is 56.6 cm³/mol. The van der Waals surface area contributed by atoms with E-state index in [2.05, 4.69) is 15.5 Å². The molecule has 1 aromatic rings. The molecular formula is C10H19N3O2. The van der Waals surface area contributed by atoms with Crippen molar-refractivity contribution in [2.24, 2.45) is 0 Å². The average molecular weight is 213 g/mol. The van der Waals surface area contributed by atoms with Gasteiger partial charge in [-0.25, -0.2) is 0 Å². The van der Waals surface area contributed by atoms with Crippen LogP contribution in [0.15, 0.2) is 4.42 Å². The number of hydrogen-bond donors (Lipinski definition) is 1. The average Bonchev–Trinajstić information content (AvgIpc) is 2.74. The maximum absolute atomic E-state index is 5.55. The van der Waals surface area contributed by atoms with E-state index in [0.29, 0.717) is 11.8 Å². The van der Waals surface area contributed by atoms with Gasteiger partial charge >= 0.3 is 0 Å². The normalized spacial score (nSPS) is 15.2. The molecule has 5 heteroatoms. The maximum atomic E-state index is 5.55. The van der Waals surface area contributed by atoms with Crippen LogP contribution < -0.4 is 5.32 Å². The third-order valence-corrected chi connectivity index (χ3v) is 2.63. The van der Waals surface area contributed by atoms with E-state index in [1.807, 2.05) is 20.9 Å². The molecular weight excluding hydrogens is 194 g/mol. The Balaban J connectivity index is 2.74. The molecule has 0 fully saturated rings. The molecule has 0 aliphatic carbocycles. The molecule has 0 saturated heterocycles. The van der Waals surface area contributed by atoms with E-state index in [1.54, 1.807) is 7.11 Å². The molecule has 5 nitrogen and oxygen atoms in total. The van der Waals surface area contributed by atoms with Crippen LogP contribution >= 0.6 is 0 Å². The highest BCUT2D eigenvalue weighted by Gasteiger charge is 2.30. The molecule has 0 aliphatic rings. The molecule has 1 heterocycles. The molecule has 1 unspecified atom stereocenters. The Morgan fingerprint density at radius 3 is 2.73 bits per heavy atom. The molecule has 1 N–H and O–H groups in total. The van der Waals surface area contributed by atoms with Crippen molar-refractivity contribution in [3.8, 4) is 0 Å². The maximum Gasteiger partial charge on any atom is 0.247 e. The minimum Gasteiger partial charge on any atom is -0.422 e. The Labute approximate surface area is 90.2 Å². The van der Waals surface area contributed by atoms with Crippen LogP contribution in [0.25, 0.3) is 0 Å². The van der Waals surface area contributed by atoms with Gasteiger partial charge in [0, 0.05) is 20.1 Å². The molecule has 0 amide bonds. The van der Waals surface area contributed by atoms with Crippen LogP contribution in [0.3, 0.4) is 0 Å². The van der Waals surface area contributed by atoms with Gasteiger partial charge in [0.05, 0.1) is 0 Å². The van der Waals surface area contributed by atoms with Gasteiger partial charge in [-0.15, -0.1) is 10.2 Å². The summed E-state index contributed by atoms with van der Waals surface area (Å²) in [5.41, 5.74) is -0.467. The number of rotatable bonds is 6. The van der Waals surface area contributed by atoms with Crippen molar-refractivity contribution < 1.29 is 9.15 Å². The van der Waals surface area contributed by atoms with E-state index in [4.69, 9.17) is 9.15 Å². The first-order valence-electron chi connectivity index (χ1n) is 5.19. The summed E-state index contributed by atoms with van der Waals surface area (Å²) < 4.78 is 10.9. The number of methoxy groups -OCH3 is 1. The highest BCUT2D eigenvalue weighted by atomic mass is 16.5. The Bertz CT molecular complexity index is 295. The molecule has 0 saturated carbocycles. The summed E-state index contributed by atoms with van der Waals surface area (Å²) in [4.78, 5) is 0. The van der Waals surface area contributed by atoms with Gasteiger partial charge in [-0.1, -0.05) is 6.92 Å². The molecule has 0 spiro atoms. The summed E-state index contributed by atoms with van der Waals surface area (Å²) in [6, 6.07) is 0. The summed E-state index contributed by atoms with van der Waals surface area (Å²) in [6.07, 6.45) is 1.55. The van der Waals surface area contributed by atoms with E-state index < -0.39 is 5.60 Å². The molecule has 1 rings (SSSR count). The SMILES string of the molecule is CCC(C)(OC)c1nnc(CCNC)o1. The summed E-state index contributed by atoms with van der Waals surface area (Å²) in [5, 5.41) is 11.0.